The summed E-state index contributed by atoms with van der Waals surface area (Å²) < 4.78 is 10.1. The highest BCUT2D eigenvalue weighted by Crippen LogP contribution is 2.19. The van der Waals surface area contributed by atoms with E-state index < -0.39 is 0 Å². The van der Waals surface area contributed by atoms with Crippen molar-refractivity contribution in [2.75, 3.05) is 14.2 Å². The van der Waals surface area contributed by atoms with Crippen LogP contribution in [0.3, 0.4) is 0 Å². The van der Waals surface area contributed by atoms with Crippen LogP contribution in [0.1, 0.15) is 11.1 Å². The zero-order valence-electron chi connectivity index (χ0n) is 7.70. The monoisotopic (exact) mass is 177 g/mol. The first kappa shape index (κ1) is 9.56. The first-order valence-corrected chi connectivity index (χ1v) is 3.87. The van der Waals surface area contributed by atoms with Gasteiger partial charge in [-0.05, 0) is 18.2 Å². The van der Waals surface area contributed by atoms with Crippen molar-refractivity contribution in [2.24, 2.45) is 0 Å². The molecule has 0 aliphatic rings. The molecule has 3 heteroatoms. The highest BCUT2D eigenvalue weighted by atomic mass is 16.5. The number of benzene rings is 1. The maximum Gasteiger partial charge on any atom is 0.124 e. The molecule has 0 fully saturated rings. The average Bonchev–Trinajstić information content (AvgIpc) is 2.18. The second-order valence-corrected chi connectivity index (χ2v) is 2.57. The Balaban J connectivity index is 3.04. The number of hydrogen-bond donors (Lipinski definition) is 0. The Labute approximate surface area is 77.5 Å². The van der Waals surface area contributed by atoms with Crippen molar-refractivity contribution in [3.05, 3.63) is 29.3 Å². The van der Waals surface area contributed by atoms with Gasteiger partial charge in [-0.15, -0.1) is 0 Å². The third-order valence-corrected chi connectivity index (χ3v) is 1.71. The van der Waals surface area contributed by atoms with E-state index in [0.29, 0.717) is 12.2 Å². The van der Waals surface area contributed by atoms with Crippen LogP contribution in [-0.4, -0.2) is 14.2 Å². The number of hydrogen-bond acceptors (Lipinski definition) is 3. The third kappa shape index (κ3) is 2.20. The van der Waals surface area contributed by atoms with Gasteiger partial charge in [0.15, 0.2) is 0 Å². The summed E-state index contributed by atoms with van der Waals surface area (Å²) in [5, 5.41) is 8.66. The Morgan fingerprint density at radius 3 is 2.69 bits per heavy atom. The lowest BCUT2D eigenvalue weighted by Crippen LogP contribution is -1.94. The molecule has 0 saturated heterocycles. The van der Waals surface area contributed by atoms with E-state index in [-0.39, 0.29) is 0 Å². The molecule has 0 aromatic heterocycles. The third-order valence-electron chi connectivity index (χ3n) is 1.71. The Hall–Kier alpha value is -1.53. The molecule has 1 aromatic rings. The smallest absolute Gasteiger partial charge is 0.124 e. The summed E-state index contributed by atoms with van der Waals surface area (Å²) in [6.45, 7) is 0.457. The second-order valence-electron chi connectivity index (χ2n) is 2.57. The summed E-state index contributed by atoms with van der Waals surface area (Å²) in [5.41, 5.74) is 1.51. The summed E-state index contributed by atoms with van der Waals surface area (Å²) in [6.07, 6.45) is 0. The molecule has 68 valence electrons. The lowest BCUT2D eigenvalue weighted by molar-refractivity contribution is 0.181. The topological polar surface area (TPSA) is 42.2 Å². The Bertz CT molecular complexity index is 328. The predicted molar refractivity (Wildman–Crippen MR) is 48.4 cm³/mol. The molecule has 0 atom stereocenters. The SMILES string of the molecule is COCc1cc(C#N)ccc1OC. The molecule has 0 heterocycles. The quantitative estimate of drug-likeness (QED) is 0.705. The Kier molecular flexibility index (Phi) is 3.30. The molecular formula is C10H11NO2. The molecule has 0 bridgehead atoms. The first-order valence-electron chi connectivity index (χ1n) is 3.87. The second kappa shape index (κ2) is 4.48. The zero-order valence-corrected chi connectivity index (χ0v) is 7.70. The summed E-state index contributed by atoms with van der Waals surface area (Å²) in [6, 6.07) is 7.32. The molecule has 13 heavy (non-hydrogen) atoms. The summed E-state index contributed by atoms with van der Waals surface area (Å²) >= 11 is 0. The minimum absolute atomic E-state index is 0.457. The van der Waals surface area contributed by atoms with Crippen LogP contribution in [0.4, 0.5) is 0 Å². The highest BCUT2D eigenvalue weighted by Gasteiger charge is 2.03. The first-order chi connectivity index (χ1) is 6.31. The van der Waals surface area contributed by atoms with Crippen LogP contribution in [0.2, 0.25) is 0 Å². The van der Waals surface area contributed by atoms with E-state index in [9.17, 15) is 0 Å². The van der Waals surface area contributed by atoms with E-state index in [0.717, 1.165) is 11.3 Å². The molecule has 0 unspecified atom stereocenters. The van der Waals surface area contributed by atoms with Crippen molar-refractivity contribution >= 4 is 0 Å². The van der Waals surface area contributed by atoms with Crippen LogP contribution in [-0.2, 0) is 11.3 Å². The van der Waals surface area contributed by atoms with Gasteiger partial charge in [-0.25, -0.2) is 0 Å². The van der Waals surface area contributed by atoms with Crippen LogP contribution >= 0.6 is 0 Å². The van der Waals surface area contributed by atoms with Gasteiger partial charge < -0.3 is 9.47 Å². The minimum Gasteiger partial charge on any atom is -0.496 e. The van der Waals surface area contributed by atoms with Crippen molar-refractivity contribution < 1.29 is 9.47 Å². The normalized spacial score (nSPS) is 9.31. The van der Waals surface area contributed by atoms with Crippen LogP contribution in [0, 0.1) is 11.3 Å². The average molecular weight is 177 g/mol. The molecule has 0 radical (unpaired) electrons. The van der Waals surface area contributed by atoms with Gasteiger partial charge in [-0.1, -0.05) is 0 Å². The van der Waals surface area contributed by atoms with Gasteiger partial charge in [-0.2, -0.15) is 5.26 Å². The molecule has 0 saturated carbocycles. The number of rotatable bonds is 3. The fourth-order valence-corrected chi connectivity index (χ4v) is 1.12. The molecule has 0 N–H and O–H groups in total. The number of nitrogens with zero attached hydrogens (tertiary/aromatic N) is 1. The van der Waals surface area contributed by atoms with Crippen LogP contribution in [0.5, 0.6) is 5.75 Å². The van der Waals surface area contributed by atoms with E-state index in [1.807, 2.05) is 0 Å². The molecule has 0 amide bonds. The maximum atomic E-state index is 8.66. The van der Waals surface area contributed by atoms with Crippen molar-refractivity contribution in [2.45, 2.75) is 6.61 Å². The van der Waals surface area contributed by atoms with Gasteiger partial charge in [0, 0.05) is 12.7 Å². The fourth-order valence-electron chi connectivity index (χ4n) is 1.12. The molecular weight excluding hydrogens is 166 g/mol. The number of nitriles is 1. The van der Waals surface area contributed by atoms with Gasteiger partial charge in [0.1, 0.15) is 5.75 Å². The molecule has 1 aromatic carbocycles. The van der Waals surface area contributed by atoms with Crippen LogP contribution in [0.25, 0.3) is 0 Å². The zero-order chi connectivity index (χ0) is 9.68. The lowest BCUT2D eigenvalue weighted by Gasteiger charge is -2.07. The molecule has 0 aliphatic heterocycles. The van der Waals surface area contributed by atoms with Gasteiger partial charge in [0.2, 0.25) is 0 Å². The minimum atomic E-state index is 0.457. The largest absolute Gasteiger partial charge is 0.496 e. The van der Waals surface area contributed by atoms with E-state index in [1.54, 1.807) is 32.4 Å². The van der Waals surface area contributed by atoms with E-state index in [2.05, 4.69) is 6.07 Å². The van der Waals surface area contributed by atoms with Crippen molar-refractivity contribution in [3.8, 4) is 11.8 Å². The van der Waals surface area contributed by atoms with Crippen LogP contribution in [0.15, 0.2) is 18.2 Å². The summed E-state index contributed by atoms with van der Waals surface area (Å²) in [5.74, 6) is 0.751. The van der Waals surface area contributed by atoms with Gasteiger partial charge in [-0.3, -0.25) is 0 Å². The van der Waals surface area contributed by atoms with Crippen molar-refractivity contribution in [3.63, 3.8) is 0 Å². The van der Waals surface area contributed by atoms with Gasteiger partial charge >= 0.3 is 0 Å². The molecule has 0 spiro atoms. The van der Waals surface area contributed by atoms with E-state index in [4.69, 9.17) is 14.7 Å². The van der Waals surface area contributed by atoms with Crippen LogP contribution < -0.4 is 4.74 Å². The standard InChI is InChI=1S/C10H11NO2/c1-12-7-9-5-8(6-11)3-4-10(9)13-2/h3-5H,7H2,1-2H3. The molecule has 3 nitrogen and oxygen atoms in total. The predicted octanol–water partition coefficient (Wildman–Crippen LogP) is 1.71. The number of ether oxygens (including phenoxy) is 2. The highest BCUT2D eigenvalue weighted by molar-refractivity contribution is 5.41. The number of methoxy groups -OCH3 is 2. The van der Waals surface area contributed by atoms with E-state index >= 15 is 0 Å². The Morgan fingerprint density at radius 2 is 2.15 bits per heavy atom. The van der Waals surface area contributed by atoms with Crippen molar-refractivity contribution in [1.29, 1.82) is 5.26 Å². The fraction of sp³-hybridized carbons (Fsp3) is 0.300. The Morgan fingerprint density at radius 1 is 1.38 bits per heavy atom. The lowest BCUT2D eigenvalue weighted by atomic mass is 10.1. The van der Waals surface area contributed by atoms with E-state index in [1.165, 1.54) is 0 Å². The van der Waals surface area contributed by atoms with Crippen molar-refractivity contribution in [1.82, 2.24) is 0 Å². The summed E-state index contributed by atoms with van der Waals surface area (Å²) in [4.78, 5) is 0. The van der Waals surface area contributed by atoms with Gasteiger partial charge in [0.05, 0.1) is 25.3 Å². The molecule has 1 rings (SSSR count). The van der Waals surface area contributed by atoms with Gasteiger partial charge in [0.25, 0.3) is 0 Å². The maximum absolute atomic E-state index is 8.66. The molecule has 0 aliphatic carbocycles. The summed E-state index contributed by atoms with van der Waals surface area (Å²) in [7, 11) is 3.21.